The van der Waals surface area contributed by atoms with Crippen molar-refractivity contribution in [2.24, 2.45) is 0 Å². The molecule has 0 aliphatic heterocycles. The van der Waals surface area contributed by atoms with Crippen molar-refractivity contribution in [2.45, 2.75) is 0 Å². The summed E-state index contributed by atoms with van der Waals surface area (Å²) in [6, 6.07) is 23.7. The van der Waals surface area contributed by atoms with Crippen molar-refractivity contribution in [3.8, 4) is 45.1 Å². The Balaban J connectivity index is 1.94. The molecule has 132 valence electrons. The topological polar surface area (TPSA) is 53.4 Å². The molecule has 0 atom stereocenters. The molecule has 4 heteroatoms. The lowest BCUT2D eigenvalue weighted by Crippen LogP contribution is -1.92. The van der Waals surface area contributed by atoms with Crippen molar-refractivity contribution < 1.29 is 14.6 Å². The first-order chi connectivity index (χ1) is 13.1. The van der Waals surface area contributed by atoms with Crippen LogP contribution in [0.5, 0.6) is 11.5 Å². The van der Waals surface area contributed by atoms with Crippen molar-refractivity contribution in [2.75, 3.05) is 0 Å². The van der Waals surface area contributed by atoms with Gasteiger partial charge in [0.15, 0.2) is 0 Å². The average molecular weight is 357 g/mol. The second kappa shape index (κ2) is 6.92. The van der Waals surface area contributed by atoms with Gasteiger partial charge in [-0.15, -0.1) is 0 Å². The van der Waals surface area contributed by atoms with Crippen molar-refractivity contribution >= 4 is 0 Å². The van der Waals surface area contributed by atoms with E-state index in [1.165, 1.54) is 12.1 Å². The molecule has 27 heavy (non-hydrogen) atoms. The molecule has 3 aromatic carbocycles. The van der Waals surface area contributed by atoms with Gasteiger partial charge in [0.25, 0.3) is 0 Å². The second-order valence-electron chi connectivity index (χ2n) is 6.20. The predicted octanol–water partition coefficient (Wildman–Crippen LogP) is 5.63. The van der Waals surface area contributed by atoms with Gasteiger partial charge in [0.2, 0.25) is 0 Å². The molecular formula is C23H16FNO2. The quantitative estimate of drug-likeness (QED) is 0.499. The number of rotatable bonds is 3. The fourth-order valence-electron chi connectivity index (χ4n) is 2.97. The number of phenols is 2. The van der Waals surface area contributed by atoms with Gasteiger partial charge in [-0.2, -0.15) is 0 Å². The van der Waals surface area contributed by atoms with Crippen LogP contribution in [0.4, 0.5) is 4.39 Å². The first kappa shape index (κ1) is 16.8. The van der Waals surface area contributed by atoms with Gasteiger partial charge >= 0.3 is 0 Å². The third-order valence-corrected chi connectivity index (χ3v) is 4.33. The van der Waals surface area contributed by atoms with E-state index in [-0.39, 0.29) is 17.3 Å². The lowest BCUT2D eigenvalue weighted by atomic mass is 9.99. The Hall–Kier alpha value is -3.66. The lowest BCUT2D eigenvalue weighted by molar-refractivity contribution is 0.475. The summed E-state index contributed by atoms with van der Waals surface area (Å²) in [6.07, 6.45) is 0. The molecule has 2 N–H and O–H groups in total. The van der Waals surface area contributed by atoms with Crippen LogP contribution < -0.4 is 0 Å². The standard InChI is InChI=1S/C23H16FNO2/c24-18-5-3-4-16(12-18)17-13-21(15-8-10-19(26)11-9-15)25-22(14-17)20-6-1-2-7-23(20)27/h1-14,26-27H. The van der Waals surface area contributed by atoms with Gasteiger partial charge in [-0.05, 0) is 71.8 Å². The maximum Gasteiger partial charge on any atom is 0.124 e. The Labute approximate surface area is 156 Å². The zero-order valence-corrected chi connectivity index (χ0v) is 14.3. The van der Waals surface area contributed by atoms with E-state index in [4.69, 9.17) is 0 Å². The third-order valence-electron chi connectivity index (χ3n) is 4.33. The predicted molar refractivity (Wildman–Crippen MR) is 104 cm³/mol. The molecule has 0 unspecified atom stereocenters. The Morgan fingerprint density at radius 3 is 2.11 bits per heavy atom. The smallest absolute Gasteiger partial charge is 0.124 e. The summed E-state index contributed by atoms with van der Waals surface area (Å²) in [4.78, 5) is 4.68. The minimum atomic E-state index is -0.320. The van der Waals surface area contributed by atoms with E-state index >= 15 is 0 Å². The fraction of sp³-hybridized carbons (Fsp3) is 0. The Bertz CT molecular complexity index is 1110. The number of hydrogen-bond donors (Lipinski definition) is 2. The fourth-order valence-corrected chi connectivity index (χ4v) is 2.97. The van der Waals surface area contributed by atoms with Gasteiger partial charge in [0.05, 0.1) is 11.4 Å². The van der Waals surface area contributed by atoms with Gasteiger partial charge in [-0.3, -0.25) is 0 Å². The molecule has 0 fully saturated rings. The molecule has 1 aromatic heterocycles. The minimum Gasteiger partial charge on any atom is -0.508 e. The summed E-state index contributed by atoms with van der Waals surface area (Å²) in [6.45, 7) is 0. The van der Waals surface area contributed by atoms with Gasteiger partial charge in [0.1, 0.15) is 17.3 Å². The van der Waals surface area contributed by atoms with Crippen LogP contribution in [0.3, 0.4) is 0 Å². The highest BCUT2D eigenvalue weighted by molar-refractivity contribution is 5.78. The van der Waals surface area contributed by atoms with Crippen molar-refractivity contribution in [1.82, 2.24) is 4.98 Å². The van der Waals surface area contributed by atoms with E-state index in [2.05, 4.69) is 4.98 Å². The SMILES string of the molecule is Oc1ccc(-c2cc(-c3cccc(F)c3)cc(-c3ccccc3O)n2)cc1. The lowest BCUT2D eigenvalue weighted by Gasteiger charge is -2.11. The molecule has 3 nitrogen and oxygen atoms in total. The van der Waals surface area contributed by atoms with Crippen molar-refractivity contribution in [3.05, 3.63) is 90.7 Å². The van der Waals surface area contributed by atoms with Gasteiger partial charge in [-0.1, -0.05) is 24.3 Å². The Morgan fingerprint density at radius 2 is 1.37 bits per heavy atom. The summed E-state index contributed by atoms with van der Waals surface area (Å²) in [5, 5.41) is 19.8. The number of aromatic nitrogens is 1. The zero-order valence-electron chi connectivity index (χ0n) is 14.3. The highest BCUT2D eigenvalue weighted by atomic mass is 19.1. The van der Waals surface area contributed by atoms with Crippen LogP contribution in [-0.4, -0.2) is 15.2 Å². The molecule has 1 heterocycles. The minimum absolute atomic E-state index is 0.123. The summed E-state index contributed by atoms with van der Waals surface area (Å²) in [5.41, 5.74) is 4.14. The molecule has 0 spiro atoms. The maximum atomic E-state index is 13.7. The van der Waals surface area contributed by atoms with Crippen molar-refractivity contribution in [1.29, 1.82) is 0 Å². The van der Waals surface area contributed by atoms with Crippen LogP contribution in [-0.2, 0) is 0 Å². The Morgan fingerprint density at radius 1 is 0.630 bits per heavy atom. The summed E-state index contributed by atoms with van der Waals surface area (Å²) in [5.74, 6) is -0.0291. The van der Waals surface area contributed by atoms with Crippen LogP contribution in [0, 0.1) is 5.82 Å². The van der Waals surface area contributed by atoms with Crippen LogP contribution in [0.25, 0.3) is 33.6 Å². The summed E-state index contributed by atoms with van der Waals surface area (Å²) >= 11 is 0. The van der Waals surface area contributed by atoms with E-state index in [0.29, 0.717) is 22.5 Å². The number of pyridine rings is 1. The zero-order chi connectivity index (χ0) is 18.8. The number of aromatic hydroxyl groups is 2. The van der Waals surface area contributed by atoms with Gasteiger partial charge in [0, 0.05) is 11.1 Å². The molecule has 4 rings (SSSR count). The molecule has 0 aliphatic carbocycles. The van der Waals surface area contributed by atoms with E-state index in [0.717, 1.165) is 11.1 Å². The number of nitrogens with zero attached hydrogens (tertiary/aromatic N) is 1. The van der Waals surface area contributed by atoms with E-state index in [9.17, 15) is 14.6 Å². The summed E-state index contributed by atoms with van der Waals surface area (Å²) < 4.78 is 13.7. The second-order valence-corrected chi connectivity index (χ2v) is 6.20. The summed E-state index contributed by atoms with van der Waals surface area (Å²) in [7, 11) is 0. The van der Waals surface area contributed by atoms with Gasteiger partial charge < -0.3 is 10.2 Å². The largest absolute Gasteiger partial charge is 0.508 e. The van der Waals surface area contributed by atoms with Crippen molar-refractivity contribution in [3.63, 3.8) is 0 Å². The number of para-hydroxylation sites is 1. The normalized spacial score (nSPS) is 10.7. The van der Waals surface area contributed by atoms with Crippen LogP contribution in [0.1, 0.15) is 0 Å². The van der Waals surface area contributed by atoms with Crippen LogP contribution in [0.2, 0.25) is 0 Å². The van der Waals surface area contributed by atoms with E-state index in [1.54, 1.807) is 48.5 Å². The van der Waals surface area contributed by atoms with E-state index in [1.807, 2.05) is 24.3 Å². The van der Waals surface area contributed by atoms with Crippen LogP contribution >= 0.6 is 0 Å². The third kappa shape index (κ3) is 3.51. The molecule has 0 radical (unpaired) electrons. The Kier molecular flexibility index (Phi) is 4.30. The molecule has 4 aromatic rings. The first-order valence-electron chi connectivity index (χ1n) is 8.46. The van der Waals surface area contributed by atoms with Crippen LogP contribution in [0.15, 0.2) is 84.9 Å². The van der Waals surface area contributed by atoms with Gasteiger partial charge in [-0.25, -0.2) is 9.37 Å². The van der Waals surface area contributed by atoms with E-state index < -0.39 is 0 Å². The number of hydrogen-bond acceptors (Lipinski definition) is 3. The highest BCUT2D eigenvalue weighted by Gasteiger charge is 2.11. The molecule has 0 saturated carbocycles. The number of benzene rings is 3. The molecule has 0 saturated heterocycles. The number of phenolic OH excluding ortho intramolecular Hbond substituents is 2. The highest BCUT2D eigenvalue weighted by Crippen LogP contribution is 2.34. The molecule has 0 bridgehead atoms. The molecule has 0 amide bonds. The number of halogens is 1. The maximum absolute atomic E-state index is 13.7. The monoisotopic (exact) mass is 357 g/mol. The average Bonchev–Trinajstić information content (AvgIpc) is 2.68. The first-order valence-corrected chi connectivity index (χ1v) is 8.46. The molecule has 0 aliphatic rings. The molecular weight excluding hydrogens is 341 g/mol.